The van der Waals surface area contributed by atoms with Gasteiger partial charge in [-0.3, -0.25) is 0 Å². The summed E-state index contributed by atoms with van der Waals surface area (Å²) in [5, 5.41) is 0. The van der Waals surface area contributed by atoms with Gasteiger partial charge in [0.05, 0.1) is 0 Å². The highest BCUT2D eigenvalue weighted by molar-refractivity contribution is 5.15. The fourth-order valence-electron chi connectivity index (χ4n) is 8.50. The molecule has 0 saturated heterocycles. The normalized spacial score (nSPS) is 51.2. The zero-order chi connectivity index (χ0) is 16.4. The number of hydrogen-bond donors (Lipinski definition) is 1. The average molecular weight is 348 g/mol. The zero-order valence-corrected chi connectivity index (χ0v) is 16.7. The quantitative estimate of drug-likeness (QED) is 0.489. The van der Waals surface area contributed by atoms with E-state index in [0.29, 0.717) is 5.41 Å². The van der Waals surface area contributed by atoms with Crippen LogP contribution in [0.5, 0.6) is 0 Å². The Morgan fingerprint density at radius 1 is 0.920 bits per heavy atom. The summed E-state index contributed by atoms with van der Waals surface area (Å²) in [7, 11) is 0. The molecule has 9 unspecified atom stereocenters. The zero-order valence-electron chi connectivity index (χ0n) is 16.7. The first kappa shape index (κ1) is 21.0. The van der Waals surface area contributed by atoms with E-state index in [1.165, 1.54) is 31.3 Å². The fraction of sp³-hybridized carbons (Fsp3) is 0.917. The van der Waals surface area contributed by atoms with E-state index in [0.717, 1.165) is 47.3 Å². The Hall–Kier alpha value is -0.300. The standard InChI is InChI=1S/C23H38.CH4.H3N/c1-14(2)22-16(4)13-21-20-9-7-17-12-15(3)6-8-18(17)19(20)10-11-23(21,22)5;;/h15-22H,1,6-13H2,2-5H3;1H4;1H3. The fourth-order valence-corrected chi connectivity index (χ4v) is 8.50. The van der Waals surface area contributed by atoms with Gasteiger partial charge in [-0.05, 0) is 105 Å². The van der Waals surface area contributed by atoms with Crippen molar-refractivity contribution < 1.29 is 0 Å². The van der Waals surface area contributed by atoms with Crippen molar-refractivity contribution >= 4 is 0 Å². The van der Waals surface area contributed by atoms with E-state index < -0.39 is 0 Å². The van der Waals surface area contributed by atoms with Crippen LogP contribution in [0, 0.1) is 52.8 Å². The molecule has 4 aliphatic carbocycles. The number of rotatable bonds is 1. The molecule has 146 valence electrons. The van der Waals surface area contributed by atoms with Crippen LogP contribution >= 0.6 is 0 Å². The molecule has 0 spiro atoms. The second kappa shape index (κ2) is 7.37. The molecule has 0 bridgehead atoms. The van der Waals surface area contributed by atoms with Crippen LogP contribution in [0.4, 0.5) is 0 Å². The molecule has 0 heterocycles. The number of fused-ring (bicyclic) bond motifs is 5. The summed E-state index contributed by atoms with van der Waals surface area (Å²) in [4.78, 5) is 0. The van der Waals surface area contributed by atoms with Gasteiger partial charge in [-0.1, -0.05) is 46.8 Å². The molecule has 0 aliphatic heterocycles. The molecule has 3 N–H and O–H groups in total. The highest BCUT2D eigenvalue weighted by Gasteiger charge is 2.58. The van der Waals surface area contributed by atoms with Crippen molar-refractivity contribution in [2.75, 3.05) is 0 Å². The van der Waals surface area contributed by atoms with E-state index >= 15 is 0 Å². The van der Waals surface area contributed by atoms with E-state index in [4.69, 9.17) is 0 Å². The van der Waals surface area contributed by atoms with Gasteiger partial charge in [0, 0.05) is 0 Å². The summed E-state index contributed by atoms with van der Waals surface area (Å²) in [5.74, 6) is 7.96. The van der Waals surface area contributed by atoms with Gasteiger partial charge in [0.15, 0.2) is 0 Å². The lowest BCUT2D eigenvalue weighted by Crippen LogP contribution is -2.48. The minimum absolute atomic E-state index is 0. The first-order chi connectivity index (χ1) is 10.9. The van der Waals surface area contributed by atoms with Crippen molar-refractivity contribution in [3.8, 4) is 0 Å². The molecule has 0 amide bonds. The Morgan fingerprint density at radius 2 is 1.60 bits per heavy atom. The lowest BCUT2D eigenvalue weighted by atomic mass is 9.49. The molecule has 4 saturated carbocycles. The average Bonchev–Trinajstić information content (AvgIpc) is 2.77. The summed E-state index contributed by atoms with van der Waals surface area (Å²) in [6.45, 7) is 14.4. The number of allylic oxidation sites excluding steroid dienone is 1. The summed E-state index contributed by atoms with van der Waals surface area (Å²) < 4.78 is 0. The van der Waals surface area contributed by atoms with Crippen LogP contribution in [0.3, 0.4) is 0 Å². The smallest absolute Gasteiger partial charge is 0.0126 e. The Morgan fingerprint density at radius 3 is 2.28 bits per heavy atom. The molecular formula is C24H45N. The van der Waals surface area contributed by atoms with Gasteiger partial charge in [-0.2, -0.15) is 0 Å². The molecule has 0 aromatic heterocycles. The van der Waals surface area contributed by atoms with Crippen molar-refractivity contribution in [3.05, 3.63) is 12.2 Å². The number of hydrogen-bond acceptors (Lipinski definition) is 1. The first-order valence-corrected chi connectivity index (χ1v) is 10.6. The SMILES string of the molecule is C.C=C(C)C1C(C)CC2C3CCC4CC(C)CCC4C3CCC21C.N. The molecule has 25 heavy (non-hydrogen) atoms. The van der Waals surface area contributed by atoms with Gasteiger partial charge in [-0.25, -0.2) is 0 Å². The summed E-state index contributed by atoms with van der Waals surface area (Å²) in [5.41, 5.74) is 2.04. The molecule has 1 nitrogen and oxygen atoms in total. The largest absolute Gasteiger partial charge is 0.344 e. The third-order valence-corrected chi connectivity index (χ3v) is 9.09. The van der Waals surface area contributed by atoms with E-state index in [9.17, 15) is 0 Å². The van der Waals surface area contributed by atoms with Crippen molar-refractivity contribution in [2.45, 2.75) is 86.5 Å². The van der Waals surface area contributed by atoms with Crippen LogP contribution in [-0.4, -0.2) is 0 Å². The molecule has 1 heteroatoms. The lowest BCUT2D eigenvalue weighted by molar-refractivity contribution is -0.0635. The van der Waals surface area contributed by atoms with Gasteiger partial charge >= 0.3 is 0 Å². The third-order valence-electron chi connectivity index (χ3n) is 9.09. The highest BCUT2D eigenvalue weighted by Crippen LogP contribution is 2.66. The second-order valence-corrected chi connectivity index (χ2v) is 10.4. The third kappa shape index (κ3) is 3.13. The van der Waals surface area contributed by atoms with Crippen molar-refractivity contribution in [1.29, 1.82) is 0 Å². The summed E-state index contributed by atoms with van der Waals surface area (Å²) in [6, 6.07) is 0. The van der Waals surface area contributed by atoms with Gasteiger partial charge in [0.1, 0.15) is 0 Å². The Kier molecular flexibility index (Phi) is 6.19. The molecule has 0 aromatic rings. The molecule has 4 fully saturated rings. The molecule has 0 aromatic carbocycles. The van der Waals surface area contributed by atoms with Gasteiger partial charge in [0.25, 0.3) is 0 Å². The summed E-state index contributed by atoms with van der Waals surface area (Å²) in [6.07, 6.45) is 12.2. The van der Waals surface area contributed by atoms with Crippen molar-refractivity contribution in [3.63, 3.8) is 0 Å². The Labute approximate surface area is 158 Å². The van der Waals surface area contributed by atoms with E-state index in [1.807, 2.05) is 0 Å². The second-order valence-electron chi connectivity index (χ2n) is 10.4. The van der Waals surface area contributed by atoms with E-state index in [-0.39, 0.29) is 13.6 Å². The van der Waals surface area contributed by atoms with Gasteiger partial charge < -0.3 is 6.15 Å². The molecule has 4 rings (SSSR count). The maximum Gasteiger partial charge on any atom is -0.0126 e. The predicted molar refractivity (Wildman–Crippen MR) is 111 cm³/mol. The van der Waals surface area contributed by atoms with Crippen LogP contribution in [0.15, 0.2) is 12.2 Å². The van der Waals surface area contributed by atoms with E-state index in [1.54, 1.807) is 25.7 Å². The van der Waals surface area contributed by atoms with Crippen LogP contribution in [0.1, 0.15) is 86.5 Å². The molecule has 4 aliphatic rings. The Bertz CT molecular complexity index is 482. The van der Waals surface area contributed by atoms with E-state index in [2.05, 4.69) is 34.3 Å². The maximum absolute atomic E-state index is 4.40. The predicted octanol–water partition coefficient (Wildman–Crippen LogP) is 7.51. The Balaban J connectivity index is 0.00000113. The minimum atomic E-state index is 0. The monoisotopic (exact) mass is 347 g/mol. The highest BCUT2D eigenvalue weighted by atomic mass is 14.6. The topological polar surface area (TPSA) is 35.0 Å². The first-order valence-electron chi connectivity index (χ1n) is 10.6. The lowest BCUT2D eigenvalue weighted by Gasteiger charge is -2.56. The van der Waals surface area contributed by atoms with Crippen molar-refractivity contribution in [2.24, 2.45) is 52.8 Å². The maximum atomic E-state index is 4.40. The van der Waals surface area contributed by atoms with Crippen LogP contribution in [0.25, 0.3) is 0 Å². The molecule has 9 atom stereocenters. The van der Waals surface area contributed by atoms with Crippen molar-refractivity contribution in [1.82, 2.24) is 6.15 Å². The van der Waals surface area contributed by atoms with Gasteiger partial charge in [-0.15, -0.1) is 0 Å². The summed E-state index contributed by atoms with van der Waals surface area (Å²) >= 11 is 0. The molecular weight excluding hydrogens is 302 g/mol. The van der Waals surface area contributed by atoms with Crippen LogP contribution in [0.2, 0.25) is 0 Å². The molecule has 0 radical (unpaired) electrons. The van der Waals surface area contributed by atoms with Gasteiger partial charge in [0.2, 0.25) is 0 Å². The van der Waals surface area contributed by atoms with Crippen LogP contribution in [-0.2, 0) is 0 Å². The van der Waals surface area contributed by atoms with Crippen LogP contribution < -0.4 is 6.15 Å². The minimum Gasteiger partial charge on any atom is -0.344 e.